The van der Waals surface area contributed by atoms with Crippen LogP contribution in [-0.4, -0.2) is 31.6 Å². The van der Waals surface area contributed by atoms with Crippen LogP contribution in [0.15, 0.2) is 64.5 Å². The number of para-hydroxylation sites is 1. The molecule has 0 atom stereocenters. The maximum Gasteiger partial charge on any atom is 0.262 e. The fraction of sp³-hybridized carbons (Fsp3) is 0.348. The summed E-state index contributed by atoms with van der Waals surface area (Å²) >= 11 is 1.32. The standard InChI is InChI=1S/C23H27N3O2S/c1-5-25-21(28)18-13-9-10-14-19(18)24-22(25)29-16-20(27)26(23(2,3)4)15-17-11-7-6-8-12-17/h6-14H,5,15-16H2,1-4H3. The van der Waals surface area contributed by atoms with Gasteiger partial charge < -0.3 is 4.90 Å². The normalized spacial score (nSPS) is 11.6. The fourth-order valence-corrected chi connectivity index (χ4v) is 4.15. The molecular formula is C23H27N3O2S. The molecule has 1 amide bonds. The number of fused-ring (bicyclic) bond motifs is 1. The summed E-state index contributed by atoms with van der Waals surface area (Å²) in [5.74, 6) is 0.255. The summed E-state index contributed by atoms with van der Waals surface area (Å²) in [6.45, 7) is 9.09. The van der Waals surface area contributed by atoms with Crippen molar-refractivity contribution in [1.82, 2.24) is 14.5 Å². The van der Waals surface area contributed by atoms with Gasteiger partial charge in [-0.25, -0.2) is 4.98 Å². The van der Waals surface area contributed by atoms with Gasteiger partial charge >= 0.3 is 0 Å². The van der Waals surface area contributed by atoms with Crippen molar-refractivity contribution in [3.8, 4) is 0 Å². The molecule has 1 aromatic heterocycles. The third-order valence-electron chi connectivity index (χ3n) is 4.76. The van der Waals surface area contributed by atoms with Gasteiger partial charge in [-0.15, -0.1) is 0 Å². The second kappa shape index (κ2) is 8.82. The molecule has 1 heterocycles. The lowest BCUT2D eigenvalue weighted by Crippen LogP contribution is -2.46. The lowest BCUT2D eigenvalue weighted by molar-refractivity contribution is -0.133. The molecule has 0 saturated carbocycles. The Kier molecular flexibility index (Phi) is 6.42. The SMILES string of the molecule is CCn1c(SCC(=O)N(Cc2ccccc2)C(C)(C)C)nc2ccccc2c1=O. The molecule has 0 spiro atoms. The quantitative estimate of drug-likeness (QED) is 0.449. The molecule has 2 aromatic carbocycles. The summed E-state index contributed by atoms with van der Waals surface area (Å²) < 4.78 is 1.64. The molecule has 0 unspecified atom stereocenters. The number of benzene rings is 2. The molecule has 0 radical (unpaired) electrons. The molecule has 0 saturated heterocycles. The van der Waals surface area contributed by atoms with E-state index in [0.29, 0.717) is 29.1 Å². The van der Waals surface area contributed by atoms with Crippen LogP contribution in [0.25, 0.3) is 10.9 Å². The Labute approximate surface area is 175 Å². The van der Waals surface area contributed by atoms with E-state index in [9.17, 15) is 9.59 Å². The van der Waals surface area contributed by atoms with E-state index in [1.54, 1.807) is 10.6 Å². The van der Waals surface area contributed by atoms with E-state index in [1.807, 2.05) is 81.1 Å². The first-order valence-electron chi connectivity index (χ1n) is 9.78. The minimum absolute atomic E-state index is 0.0245. The second-order valence-corrected chi connectivity index (χ2v) is 8.83. The van der Waals surface area contributed by atoms with Crippen LogP contribution in [0, 0.1) is 0 Å². The van der Waals surface area contributed by atoms with E-state index < -0.39 is 0 Å². The predicted molar refractivity (Wildman–Crippen MR) is 119 cm³/mol. The fourth-order valence-electron chi connectivity index (χ4n) is 3.21. The predicted octanol–water partition coefficient (Wildman–Crippen LogP) is 4.34. The summed E-state index contributed by atoms with van der Waals surface area (Å²) in [5.41, 5.74) is 1.38. The Bertz CT molecular complexity index is 1060. The summed E-state index contributed by atoms with van der Waals surface area (Å²) in [5, 5.41) is 1.18. The highest BCUT2D eigenvalue weighted by Gasteiger charge is 2.27. The summed E-state index contributed by atoms with van der Waals surface area (Å²) in [4.78, 5) is 32.4. The number of carbonyl (C=O) groups is 1. The van der Waals surface area contributed by atoms with Gasteiger partial charge in [0, 0.05) is 18.6 Å². The van der Waals surface area contributed by atoms with Crippen molar-refractivity contribution in [2.24, 2.45) is 0 Å². The van der Waals surface area contributed by atoms with Crippen molar-refractivity contribution in [3.05, 3.63) is 70.5 Å². The van der Waals surface area contributed by atoms with Crippen LogP contribution in [0.4, 0.5) is 0 Å². The van der Waals surface area contributed by atoms with Crippen molar-refractivity contribution in [1.29, 1.82) is 0 Å². The number of carbonyl (C=O) groups excluding carboxylic acids is 1. The topological polar surface area (TPSA) is 55.2 Å². The van der Waals surface area contributed by atoms with Crippen LogP contribution >= 0.6 is 11.8 Å². The van der Waals surface area contributed by atoms with Crippen LogP contribution in [0.3, 0.4) is 0 Å². The van der Waals surface area contributed by atoms with Crippen molar-refractivity contribution in [2.45, 2.75) is 51.5 Å². The number of aromatic nitrogens is 2. The number of rotatable bonds is 6. The van der Waals surface area contributed by atoms with Crippen molar-refractivity contribution >= 4 is 28.6 Å². The van der Waals surface area contributed by atoms with Crippen LogP contribution in [0.2, 0.25) is 0 Å². The number of nitrogens with zero attached hydrogens (tertiary/aromatic N) is 3. The van der Waals surface area contributed by atoms with Gasteiger partial charge in [-0.05, 0) is 45.4 Å². The molecule has 0 bridgehead atoms. The minimum atomic E-state index is -0.311. The number of hydrogen-bond donors (Lipinski definition) is 0. The molecule has 0 N–H and O–H groups in total. The Hall–Kier alpha value is -2.60. The monoisotopic (exact) mass is 409 g/mol. The average Bonchev–Trinajstić information content (AvgIpc) is 2.70. The highest BCUT2D eigenvalue weighted by molar-refractivity contribution is 7.99. The van der Waals surface area contributed by atoms with Crippen LogP contribution in [0.1, 0.15) is 33.3 Å². The van der Waals surface area contributed by atoms with Gasteiger partial charge in [0.15, 0.2) is 5.16 Å². The van der Waals surface area contributed by atoms with E-state index in [-0.39, 0.29) is 22.8 Å². The van der Waals surface area contributed by atoms with E-state index in [1.165, 1.54) is 11.8 Å². The van der Waals surface area contributed by atoms with Crippen molar-refractivity contribution in [2.75, 3.05) is 5.75 Å². The first-order chi connectivity index (χ1) is 13.8. The molecule has 0 fully saturated rings. The van der Waals surface area contributed by atoms with Crippen LogP contribution in [0.5, 0.6) is 0 Å². The summed E-state index contributed by atoms with van der Waals surface area (Å²) in [6.07, 6.45) is 0. The van der Waals surface area contributed by atoms with E-state index in [2.05, 4.69) is 4.98 Å². The summed E-state index contributed by atoms with van der Waals surface area (Å²) in [7, 11) is 0. The molecule has 29 heavy (non-hydrogen) atoms. The highest BCUT2D eigenvalue weighted by Crippen LogP contribution is 2.22. The van der Waals surface area contributed by atoms with Crippen LogP contribution < -0.4 is 5.56 Å². The van der Waals surface area contributed by atoms with Gasteiger partial charge in [-0.3, -0.25) is 14.2 Å². The first-order valence-corrected chi connectivity index (χ1v) is 10.8. The smallest absolute Gasteiger partial charge is 0.262 e. The Morgan fingerprint density at radius 2 is 1.72 bits per heavy atom. The number of amides is 1. The summed E-state index contributed by atoms with van der Waals surface area (Å²) in [6, 6.07) is 17.3. The van der Waals surface area contributed by atoms with Gasteiger partial charge in [0.2, 0.25) is 5.91 Å². The zero-order valence-corrected chi connectivity index (χ0v) is 18.2. The minimum Gasteiger partial charge on any atom is -0.333 e. The maximum absolute atomic E-state index is 13.1. The average molecular weight is 410 g/mol. The maximum atomic E-state index is 13.1. The van der Waals surface area contributed by atoms with Gasteiger partial charge in [0.05, 0.1) is 16.7 Å². The molecule has 5 nitrogen and oxygen atoms in total. The van der Waals surface area contributed by atoms with Gasteiger partial charge in [-0.1, -0.05) is 54.2 Å². The van der Waals surface area contributed by atoms with E-state index in [0.717, 1.165) is 5.56 Å². The Morgan fingerprint density at radius 1 is 1.07 bits per heavy atom. The number of hydrogen-bond acceptors (Lipinski definition) is 4. The lowest BCUT2D eigenvalue weighted by Gasteiger charge is -2.36. The molecule has 6 heteroatoms. The molecule has 3 rings (SSSR count). The zero-order chi connectivity index (χ0) is 21.0. The van der Waals surface area contributed by atoms with Gasteiger partial charge in [0.1, 0.15) is 0 Å². The third kappa shape index (κ3) is 4.88. The van der Waals surface area contributed by atoms with E-state index >= 15 is 0 Å². The van der Waals surface area contributed by atoms with Gasteiger partial charge in [-0.2, -0.15) is 0 Å². The van der Waals surface area contributed by atoms with Crippen molar-refractivity contribution < 1.29 is 4.79 Å². The lowest BCUT2D eigenvalue weighted by atomic mass is 10.0. The second-order valence-electron chi connectivity index (χ2n) is 7.89. The Morgan fingerprint density at radius 3 is 2.38 bits per heavy atom. The number of thioether (sulfide) groups is 1. The van der Waals surface area contributed by atoms with Crippen LogP contribution in [-0.2, 0) is 17.9 Å². The molecule has 0 aliphatic carbocycles. The molecule has 0 aliphatic rings. The largest absolute Gasteiger partial charge is 0.333 e. The molecule has 152 valence electrons. The molecule has 0 aliphatic heterocycles. The molecular weight excluding hydrogens is 382 g/mol. The zero-order valence-electron chi connectivity index (χ0n) is 17.4. The van der Waals surface area contributed by atoms with Crippen molar-refractivity contribution in [3.63, 3.8) is 0 Å². The molecule has 3 aromatic rings. The third-order valence-corrected chi connectivity index (χ3v) is 5.72. The Balaban J connectivity index is 1.83. The highest BCUT2D eigenvalue weighted by atomic mass is 32.2. The first kappa shape index (κ1) is 21.1. The van der Waals surface area contributed by atoms with Gasteiger partial charge in [0.25, 0.3) is 5.56 Å². The van der Waals surface area contributed by atoms with E-state index in [4.69, 9.17) is 0 Å².